The zero-order valence-corrected chi connectivity index (χ0v) is 10.5. The van der Waals surface area contributed by atoms with Crippen molar-refractivity contribution in [2.75, 3.05) is 37.2 Å². The van der Waals surface area contributed by atoms with Crippen LogP contribution in [0.4, 0.5) is 11.4 Å². The molecule has 2 heterocycles. The van der Waals surface area contributed by atoms with Gasteiger partial charge in [0, 0.05) is 12.7 Å². The lowest BCUT2D eigenvalue weighted by Crippen LogP contribution is -2.35. The van der Waals surface area contributed by atoms with Crippen LogP contribution in [0.2, 0.25) is 0 Å². The monoisotopic (exact) mass is 234 g/mol. The summed E-state index contributed by atoms with van der Waals surface area (Å²) in [6, 6.07) is 1.94. The lowest BCUT2D eigenvalue weighted by molar-refractivity contribution is 0.198. The quantitative estimate of drug-likeness (QED) is 0.834. The highest BCUT2D eigenvalue weighted by molar-refractivity contribution is 5.51. The zero-order valence-electron chi connectivity index (χ0n) is 10.5. The number of hydrogen-bond acceptors (Lipinski definition) is 4. The van der Waals surface area contributed by atoms with Crippen molar-refractivity contribution in [2.45, 2.75) is 19.8 Å². The average Bonchev–Trinajstić information content (AvgIpc) is 2.37. The molecule has 0 unspecified atom stereocenters. The Morgan fingerprint density at radius 3 is 2.82 bits per heavy atom. The summed E-state index contributed by atoms with van der Waals surface area (Å²) in [7, 11) is 0. The minimum atomic E-state index is 0.718. The van der Waals surface area contributed by atoms with Crippen molar-refractivity contribution in [1.29, 1.82) is 0 Å². The van der Waals surface area contributed by atoms with Crippen molar-refractivity contribution in [3.8, 4) is 0 Å². The van der Waals surface area contributed by atoms with E-state index >= 15 is 0 Å². The van der Waals surface area contributed by atoms with E-state index in [1.54, 1.807) is 6.20 Å². The van der Waals surface area contributed by atoms with Gasteiger partial charge in [0.2, 0.25) is 0 Å². The van der Waals surface area contributed by atoms with Crippen molar-refractivity contribution < 1.29 is 0 Å². The highest BCUT2D eigenvalue weighted by Crippen LogP contribution is 2.18. The van der Waals surface area contributed by atoms with Gasteiger partial charge in [0.1, 0.15) is 0 Å². The third-order valence-electron chi connectivity index (χ3n) is 3.51. The summed E-state index contributed by atoms with van der Waals surface area (Å²) in [5.74, 6) is 0.777. The van der Waals surface area contributed by atoms with Gasteiger partial charge in [0.05, 0.1) is 17.6 Å². The molecular formula is C13H22N4. The van der Waals surface area contributed by atoms with Crippen LogP contribution < -0.4 is 11.1 Å². The molecule has 0 saturated carbocycles. The number of nitrogen functional groups attached to an aromatic ring is 1. The number of anilines is 2. The molecule has 0 amide bonds. The first-order valence-electron chi connectivity index (χ1n) is 6.44. The number of nitrogens with one attached hydrogen (secondary N) is 1. The molecule has 1 aliphatic rings. The fraction of sp³-hybridized carbons (Fsp3) is 0.615. The summed E-state index contributed by atoms with van der Waals surface area (Å²) in [6.45, 7) is 6.91. The van der Waals surface area contributed by atoms with Gasteiger partial charge in [0.25, 0.3) is 0 Å². The Bertz CT molecular complexity index is 345. The molecule has 17 heavy (non-hydrogen) atoms. The van der Waals surface area contributed by atoms with Crippen molar-refractivity contribution >= 4 is 11.4 Å². The summed E-state index contributed by atoms with van der Waals surface area (Å²) in [5.41, 5.74) is 7.44. The summed E-state index contributed by atoms with van der Waals surface area (Å²) in [4.78, 5) is 6.59. The molecule has 3 N–H and O–H groups in total. The molecule has 4 nitrogen and oxygen atoms in total. The third-order valence-corrected chi connectivity index (χ3v) is 3.51. The molecule has 1 aliphatic heterocycles. The maximum atomic E-state index is 5.69. The number of rotatable bonds is 4. The summed E-state index contributed by atoms with van der Waals surface area (Å²) in [5, 5.41) is 3.43. The Hall–Kier alpha value is -1.29. The average molecular weight is 234 g/mol. The molecule has 0 aromatic carbocycles. The van der Waals surface area contributed by atoms with Crippen LogP contribution in [-0.4, -0.2) is 36.1 Å². The maximum Gasteiger partial charge on any atom is 0.0547 e. The van der Waals surface area contributed by atoms with E-state index in [0.717, 1.165) is 23.8 Å². The molecule has 4 heteroatoms. The predicted octanol–water partition coefficient (Wildman–Crippen LogP) is 1.81. The van der Waals surface area contributed by atoms with Gasteiger partial charge < -0.3 is 16.0 Å². The van der Waals surface area contributed by atoms with Crippen molar-refractivity contribution in [3.05, 3.63) is 18.5 Å². The van der Waals surface area contributed by atoms with Gasteiger partial charge in [0.15, 0.2) is 0 Å². The van der Waals surface area contributed by atoms with Crippen molar-refractivity contribution in [3.63, 3.8) is 0 Å². The third kappa shape index (κ3) is 3.60. The Kier molecular flexibility index (Phi) is 4.20. The number of likely N-dealkylation sites (tertiary alicyclic amines) is 1. The second kappa shape index (κ2) is 5.87. The highest BCUT2D eigenvalue weighted by Gasteiger charge is 2.17. The molecule has 0 bridgehead atoms. The number of hydrogen-bond donors (Lipinski definition) is 2. The van der Waals surface area contributed by atoms with Crippen LogP contribution in [0.3, 0.4) is 0 Å². The van der Waals surface area contributed by atoms with E-state index in [4.69, 9.17) is 5.73 Å². The number of pyridine rings is 1. The standard InChI is InChI=1S/C13H22N4/c1-2-17-5-3-11(4-6-17)8-16-13-7-12(14)9-15-10-13/h7,9-11,16H,2-6,8,14H2,1H3. The Labute approximate surface area is 103 Å². The van der Waals surface area contributed by atoms with E-state index in [0.29, 0.717) is 0 Å². The molecule has 94 valence electrons. The van der Waals surface area contributed by atoms with Crippen molar-refractivity contribution in [1.82, 2.24) is 9.88 Å². The molecular weight excluding hydrogens is 212 g/mol. The van der Waals surface area contributed by atoms with Crippen LogP contribution in [0.5, 0.6) is 0 Å². The lowest BCUT2D eigenvalue weighted by atomic mass is 9.97. The van der Waals surface area contributed by atoms with E-state index in [1.165, 1.54) is 32.5 Å². The van der Waals surface area contributed by atoms with Crippen molar-refractivity contribution in [2.24, 2.45) is 5.92 Å². The second-order valence-electron chi connectivity index (χ2n) is 4.77. The molecule has 1 saturated heterocycles. The van der Waals surface area contributed by atoms with E-state index in [9.17, 15) is 0 Å². The Morgan fingerprint density at radius 2 is 2.18 bits per heavy atom. The fourth-order valence-corrected chi connectivity index (χ4v) is 2.32. The predicted molar refractivity (Wildman–Crippen MR) is 72.0 cm³/mol. The van der Waals surface area contributed by atoms with Crippen LogP contribution in [0, 0.1) is 5.92 Å². The van der Waals surface area contributed by atoms with E-state index in [2.05, 4.69) is 22.1 Å². The number of nitrogens with zero attached hydrogens (tertiary/aromatic N) is 2. The van der Waals surface area contributed by atoms with E-state index in [1.807, 2.05) is 12.3 Å². The number of aromatic nitrogens is 1. The van der Waals surface area contributed by atoms with Gasteiger partial charge in [-0.25, -0.2) is 0 Å². The normalized spacial score (nSPS) is 18.2. The van der Waals surface area contributed by atoms with Gasteiger partial charge in [-0.15, -0.1) is 0 Å². The molecule has 0 atom stereocenters. The minimum Gasteiger partial charge on any atom is -0.397 e. The lowest BCUT2D eigenvalue weighted by Gasteiger charge is -2.31. The van der Waals surface area contributed by atoms with Crippen LogP contribution >= 0.6 is 0 Å². The van der Waals surface area contributed by atoms with Gasteiger partial charge in [-0.2, -0.15) is 0 Å². The maximum absolute atomic E-state index is 5.69. The first-order valence-corrected chi connectivity index (χ1v) is 6.44. The summed E-state index contributed by atoms with van der Waals surface area (Å²) in [6.07, 6.45) is 6.08. The van der Waals surface area contributed by atoms with Crippen LogP contribution in [-0.2, 0) is 0 Å². The SMILES string of the molecule is CCN1CCC(CNc2cncc(N)c2)CC1. The van der Waals surface area contributed by atoms with Crippen LogP contribution in [0.1, 0.15) is 19.8 Å². The smallest absolute Gasteiger partial charge is 0.0547 e. The van der Waals surface area contributed by atoms with E-state index in [-0.39, 0.29) is 0 Å². The minimum absolute atomic E-state index is 0.718. The number of nitrogens with two attached hydrogens (primary N) is 1. The Morgan fingerprint density at radius 1 is 1.41 bits per heavy atom. The topological polar surface area (TPSA) is 54.2 Å². The van der Waals surface area contributed by atoms with Gasteiger partial charge in [-0.05, 0) is 44.5 Å². The highest BCUT2D eigenvalue weighted by atomic mass is 15.1. The Balaban J connectivity index is 1.76. The zero-order chi connectivity index (χ0) is 12.1. The van der Waals surface area contributed by atoms with Gasteiger partial charge in [-0.1, -0.05) is 6.92 Å². The van der Waals surface area contributed by atoms with Gasteiger partial charge >= 0.3 is 0 Å². The summed E-state index contributed by atoms with van der Waals surface area (Å²) < 4.78 is 0. The van der Waals surface area contributed by atoms with Crippen LogP contribution in [0.15, 0.2) is 18.5 Å². The first-order chi connectivity index (χ1) is 8.28. The van der Waals surface area contributed by atoms with Crippen LogP contribution in [0.25, 0.3) is 0 Å². The first kappa shape index (κ1) is 12.2. The second-order valence-corrected chi connectivity index (χ2v) is 4.77. The fourth-order valence-electron chi connectivity index (χ4n) is 2.32. The molecule has 0 spiro atoms. The number of piperidine rings is 1. The summed E-state index contributed by atoms with van der Waals surface area (Å²) >= 11 is 0. The molecule has 1 aromatic heterocycles. The molecule has 1 fully saturated rings. The molecule has 0 aliphatic carbocycles. The molecule has 2 rings (SSSR count). The largest absolute Gasteiger partial charge is 0.397 e. The molecule has 1 aromatic rings. The molecule has 0 radical (unpaired) electrons. The van der Waals surface area contributed by atoms with E-state index < -0.39 is 0 Å². The van der Waals surface area contributed by atoms with Gasteiger partial charge in [-0.3, -0.25) is 4.98 Å².